The Morgan fingerprint density at radius 1 is 1.25 bits per heavy atom. The van der Waals surface area contributed by atoms with Crippen molar-refractivity contribution in [3.05, 3.63) is 17.7 Å². The number of fused-ring (bicyclic) bond motifs is 1. The normalized spacial score (nSPS) is 28.0. The summed E-state index contributed by atoms with van der Waals surface area (Å²) < 4.78 is 10.6. The first kappa shape index (κ1) is 13.6. The van der Waals surface area contributed by atoms with Crippen LogP contribution >= 0.6 is 0 Å². The van der Waals surface area contributed by atoms with E-state index in [1.54, 1.807) is 6.07 Å². The molecule has 1 heterocycles. The average Bonchev–Trinajstić information content (AvgIpc) is 3.02. The van der Waals surface area contributed by atoms with Gasteiger partial charge in [0.2, 0.25) is 6.79 Å². The molecule has 0 spiro atoms. The van der Waals surface area contributed by atoms with Crippen molar-refractivity contribution in [2.24, 2.45) is 11.8 Å². The Kier molecular flexibility index (Phi) is 3.74. The molecule has 1 saturated carbocycles. The van der Waals surface area contributed by atoms with Crippen molar-refractivity contribution >= 4 is 0 Å². The predicted molar refractivity (Wildman–Crippen MR) is 77.0 cm³/mol. The zero-order chi connectivity index (χ0) is 14.1. The number of nitrogens with one attached hydrogen (secondary N) is 1. The predicted octanol–water partition coefficient (Wildman–Crippen LogP) is 3.04. The second-order valence-electron chi connectivity index (χ2n) is 5.93. The number of aromatic hydroxyl groups is 1. The van der Waals surface area contributed by atoms with Crippen LogP contribution in [0.2, 0.25) is 0 Å². The van der Waals surface area contributed by atoms with Crippen molar-refractivity contribution in [1.29, 1.82) is 0 Å². The standard InChI is InChI=1S/C16H23NO3/c1-3-11-4-5-13(10(11)2)17-8-12-6-15-16(7-14(12)18)20-9-19-15/h6-7,10-11,13,17-18H,3-5,8-9H2,1-2H3. The minimum atomic E-state index is 0.240. The van der Waals surface area contributed by atoms with Crippen molar-refractivity contribution in [2.75, 3.05) is 6.79 Å². The van der Waals surface area contributed by atoms with Gasteiger partial charge in [-0.3, -0.25) is 0 Å². The summed E-state index contributed by atoms with van der Waals surface area (Å²) in [4.78, 5) is 0. The van der Waals surface area contributed by atoms with Crippen LogP contribution in [-0.4, -0.2) is 17.9 Å². The maximum atomic E-state index is 10.0. The summed E-state index contributed by atoms with van der Waals surface area (Å²) in [6.45, 7) is 5.52. The fraction of sp³-hybridized carbons (Fsp3) is 0.625. The van der Waals surface area contributed by atoms with Crippen LogP contribution in [0.25, 0.3) is 0 Å². The SMILES string of the molecule is CCC1CCC(NCc2cc3c(cc2O)OCO3)C1C. The summed E-state index contributed by atoms with van der Waals surface area (Å²) in [5, 5.41) is 13.6. The Balaban J connectivity index is 1.64. The number of phenols is 1. The lowest BCUT2D eigenvalue weighted by atomic mass is 9.93. The zero-order valence-corrected chi connectivity index (χ0v) is 12.2. The van der Waals surface area contributed by atoms with E-state index in [4.69, 9.17) is 9.47 Å². The molecule has 0 saturated heterocycles. The lowest BCUT2D eigenvalue weighted by Gasteiger charge is -2.21. The fourth-order valence-corrected chi connectivity index (χ4v) is 3.47. The molecule has 2 N–H and O–H groups in total. The van der Waals surface area contributed by atoms with Crippen LogP contribution in [0.1, 0.15) is 38.7 Å². The van der Waals surface area contributed by atoms with Gasteiger partial charge in [-0.1, -0.05) is 20.3 Å². The van der Waals surface area contributed by atoms with E-state index in [-0.39, 0.29) is 12.5 Å². The third-order valence-electron chi connectivity index (χ3n) is 4.88. The van der Waals surface area contributed by atoms with Crippen molar-refractivity contribution in [1.82, 2.24) is 5.32 Å². The van der Waals surface area contributed by atoms with Crippen LogP contribution in [-0.2, 0) is 6.54 Å². The maximum Gasteiger partial charge on any atom is 0.231 e. The number of ether oxygens (including phenoxy) is 2. The molecule has 1 aromatic rings. The van der Waals surface area contributed by atoms with E-state index in [9.17, 15) is 5.11 Å². The van der Waals surface area contributed by atoms with Crippen molar-refractivity contribution in [2.45, 2.75) is 45.7 Å². The van der Waals surface area contributed by atoms with Gasteiger partial charge in [0, 0.05) is 24.2 Å². The van der Waals surface area contributed by atoms with Crippen LogP contribution in [0.15, 0.2) is 12.1 Å². The number of hydrogen-bond acceptors (Lipinski definition) is 4. The number of phenolic OH excluding ortho intramolecular Hbond substituents is 1. The molecular formula is C16H23NO3. The highest BCUT2D eigenvalue weighted by atomic mass is 16.7. The van der Waals surface area contributed by atoms with Gasteiger partial charge in [-0.15, -0.1) is 0 Å². The molecule has 3 atom stereocenters. The molecular weight excluding hydrogens is 254 g/mol. The first-order valence-corrected chi connectivity index (χ1v) is 7.54. The Hall–Kier alpha value is -1.42. The van der Waals surface area contributed by atoms with E-state index >= 15 is 0 Å². The third kappa shape index (κ3) is 2.44. The van der Waals surface area contributed by atoms with Gasteiger partial charge in [0.25, 0.3) is 0 Å². The summed E-state index contributed by atoms with van der Waals surface area (Å²) in [6.07, 6.45) is 3.79. The van der Waals surface area contributed by atoms with Gasteiger partial charge < -0.3 is 19.9 Å². The molecule has 4 nitrogen and oxygen atoms in total. The molecule has 0 aromatic heterocycles. The average molecular weight is 277 g/mol. The minimum Gasteiger partial charge on any atom is -0.507 e. The third-order valence-corrected chi connectivity index (χ3v) is 4.88. The minimum absolute atomic E-state index is 0.240. The molecule has 4 heteroatoms. The maximum absolute atomic E-state index is 10.0. The van der Waals surface area contributed by atoms with E-state index < -0.39 is 0 Å². The van der Waals surface area contributed by atoms with Gasteiger partial charge in [0.1, 0.15) is 5.75 Å². The van der Waals surface area contributed by atoms with E-state index in [0.29, 0.717) is 24.3 Å². The lowest BCUT2D eigenvalue weighted by Crippen LogP contribution is -2.32. The molecule has 3 unspecified atom stereocenters. The quantitative estimate of drug-likeness (QED) is 0.888. The molecule has 20 heavy (non-hydrogen) atoms. The van der Waals surface area contributed by atoms with Gasteiger partial charge >= 0.3 is 0 Å². The second-order valence-corrected chi connectivity index (χ2v) is 5.93. The Morgan fingerprint density at radius 2 is 2.00 bits per heavy atom. The number of rotatable bonds is 4. The van der Waals surface area contributed by atoms with E-state index in [1.165, 1.54) is 19.3 Å². The number of benzene rings is 1. The molecule has 0 radical (unpaired) electrons. The molecule has 0 bridgehead atoms. The highest BCUT2D eigenvalue weighted by Crippen LogP contribution is 2.38. The molecule has 0 amide bonds. The van der Waals surface area contributed by atoms with Gasteiger partial charge in [-0.05, 0) is 30.7 Å². The summed E-state index contributed by atoms with van der Waals surface area (Å²) in [5.41, 5.74) is 0.876. The van der Waals surface area contributed by atoms with Crippen LogP contribution in [0.4, 0.5) is 0 Å². The Labute approximate surface area is 120 Å². The summed E-state index contributed by atoms with van der Waals surface area (Å²) in [7, 11) is 0. The van der Waals surface area contributed by atoms with Crippen molar-refractivity contribution in [3.63, 3.8) is 0 Å². The molecule has 1 aromatic carbocycles. The van der Waals surface area contributed by atoms with Crippen LogP contribution in [0.3, 0.4) is 0 Å². The lowest BCUT2D eigenvalue weighted by molar-refractivity contribution is 0.174. The van der Waals surface area contributed by atoms with Crippen LogP contribution < -0.4 is 14.8 Å². The monoisotopic (exact) mass is 277 g/mol. The van der Waals surface area contributed by atoms with Crippen molar-refractivity contribution in [3.8, 4) is 17.2 Å². The molecule has 1 fully saturated rings. The van der Waals surface area contributed by atoms with Gasteiger partial charge in [0.05, 0.1) is 0 Å². The summed E-state index contributed by atoms with van der Waals surface area (Å²) >= 11 is 0. The van der Waals surface area contributed by atoms with E-state index in [0.717, 1.165) is 17.2 Å². The van der Waals surface area contributed by atoms with Crippen LogP contribution in [0, 0.1) is 11.8 Å². The van der Waals surface area contributed by atoms with Gasteiger partial charge in [0.15, 0.2) is 11.5 Å². The van der Waals surface area contributed by atoms with Gasteiger partial charge in [-0.25, -0.2) is 0 Å². The molecule has 1 aliphatic carbocycles. The van der Waals surface area contributed by atoms with Gasteiger partial charge in [-0.2, -0.15) is 0 Å². The Morgan fingerprint density at radius 3 is 2.70 bits per heavy atom. The van der Waals surface area contributed by atoms with E-state index in [2.05, 4.69) is 19.2 Å². The molecule has 110 valence electrons. The summed E-state index contributed by atoms with van der Waals surface area (Å²) in [6, 6.07) is 4.07. The second kappa shape index (κ2) is 5.52. The van der Waals surface area contributed by atoms with Crippen LogP contribution in [0.5, 0.6) is 17.2 Å². The largest absolute Gasteiger partial charge is 0.507 e. The first-order valence-electron chi connectivity index (χ1n) is 7.54. The molecule has 1 aliphatic heterocycles. The summed E-state index contributed by atoms with van der Waals surface area (Å²) in [5.74, 6) is 3.17. The fourth-order valence-electron chi connectivity index (χ4n) is 3.47. The zero-order valence-electron chi connectivity index (χ0n) is 12.2. The molecule has 3 rings (SSSR count). The topological polar surface area (TPSA) is 50.7 Å². The highest BCUT2D eigenvalue weighted by Gasteiger charge is 2.31. The smallest absolute Gasteiger partial charge is 0.231 e. The highest BCUT2D eigenvalue weighted by molar-refractivity contribution is 5.51. The first-order chi connectivity index (χ1) is 9.69. The Bertz CT molecular complexity index is 489. The number of hydrogen-bond donors (Lipinski definition) is 2. The van der Waals surface area contributed by atoms with E-state index in [1.807, 2.05) is 6.07 Å². The molecule has 2 aliphatic rings. The van der Waals surface area contributed by atoms with Crippen molar-refractivity contribution < 1.29 is 14.6 Å².